The number of aromatic hydroxyl groups is 1. The Morgan fingerprint density at radius 3 is 3.12 bits per heavy atom. The molecule has 2 aromatic rings. The molecule has 1 aromatic heterocycles. The van der Waals surface area contributed by atoms with Gasteiger partial charge in [-0.3, -0.25) is 0 Å². The highest BCUT2D eigenvalue weighted by molar-refractivity contribution is 5.59. The van der Waals surface area contributed by atoms with E-state index in [9.17, 15) is 5.11 Å². The fourth-order valence-corrected chi connectivity index (χ4v) is 2.14. The van der Waals surface area contributed by atoms with Gasteiger partial charge in [0, 0.05) is 5.56 Å². The van der Waals surface area contributed by atoms with Gasteiger partial charge in [-0.25, -0.2) is 4.98 Å². The molecule has 2 heterocycles. The highest BCUT2D eigenvalue weighted by Crippen LogP contribution is 2.27. The minimum absolute atomic E-state index is 0.237. The molecule has 4 heteroatoms. The van der Waals surface area contributed by atoms with E-state index in [-0.39, 0.29) is 11.8 Å². The van der Waals surface area contributed by atoms with Crippen molar-refractivity contribution in [3.63, 3.8) is 0 Å². The van der Waals surface area contributed by atoms with Crippen LogP contribution in [0.5, 0.6) is 5.75 Å². The number of nitrogens with zero attached hydrogens (tertiary/aromatic N) is 1. The fourth-order valence-electron chi connectivity index (χ4n) is 2.14. The molecule has 1 aromatic carbocycles. The highest BCUT2D eigenvalue weighted by Gasteiger charge is 2.21. The first-order valence-corrected chi connectivity index (χ1v) is 5.81. The topological polar surface area (TPSA) is 58.3 Å². The Morgan fingerprint density at radius 1 is 1.41 bits per heavy atom. The highest BCUT2D eigenvalue weighted by atomic mass is 16.3. The largest absolute Gasteiger partial charge is 0.508 e. The zero-order chi connectivity index (χ0) is 11.7. The van der Waals surface area contributed by atoms with Crippen LogP contribution in [0.1, 0.15) is 24.8 Å². The molecule has 0 aliphatic carbocycles. The molecule has 17 heavy (non-hydrogen) atoms. The second kappa shape index (κ2) is 4.22. The van der Waals surface area contributed by atoms with E-state index in [4.69, 9.17) is 4.42 Å². The van der Waals surface area contributed by atoms with Gasteiger partial charge in [0.2, 0.25) is 5.89 Å². The average molecular weight is 230 g/mol. The van der Waals surface area contributed by atoms with Gasteiger partial charge < -0.3 is 14.8 Å². The van der Waals surface area contributed by atoms with E-state index in [2.05, 4.69) is 10.3 Å². The summed E-state index contributed by atoms with van der Waals surface area (Å²) in [6.07, 6.45) is 3.87. The Labute approximate surface area is 99.3 Å². The third-order valence-electron chi connectivity index (χ3n) is 3.02. The quantitative estimate of drug-likeness (QED) is 0.832. The number of benzene rings is 1. The summed E-state index contributed by atoms with van der Waals surface area (Å²) in [6.45, 7) is 1.02. The number of phenols is 1. The van der Waals surface area contributed by atoms with E-state index in [0.717, 1.165) is 36.5 Å². The minimum atomic E-state index is 0.237. The first-order valence-electron chi connectivity index (χ1n) is 5.81. The van der Waals surface area contributed by atoms with Crippen LogP contribution in [-0.4, -0.2) is 16.6 Å². The van der Waals surface area contributed by atoms with E-state index in [0.29, 0.717) is 0 Å². The van der Waals surface area contributed by atoms with Crippen molar-refractivity contribution in [3.05, 3.63) is 36.4 Å². The van der Waals surface area contributed by atoms with Gasteiger partial charge in [-0.15, -0.1) is 0 Å². The van der Waals surface area contributed by atoms with Crippen molar-refractivity contribution in [1.29, 1.82) is 0 Å². The van der Waals surface area contributed by atoms with Crippen LogP contribution < -0.4 is 5.32 Å². The van der Waals surface area contributed by atoms with Crippen LogP contribution in [0.4, 0.5) is 0 Å². The molecule has 0 spiro atoms. The van der Waals surface area contributed by atoms with E-state index in [1.807, 2.05) is 6.07 Å². The minimum Gasteiger partial charge on any atom is -0.508 e. The van der Waals surface area contributed by atoms with Gasteiger partial charge in [0.25, 0.3) is 0 Å². The summed E-state index contributed by atoms with van der Waals surface area (Å²) in [4.78, 5) is 4.46. The van der Waals surface area contributed by atoms with Gasteiger partial charge >= 0.3 is 0 Å². The van der Waals surface area contributed by atoms with E-state index in [1.54, 1.807) is 24.5 Å². The fraction of sp³-hybridized carbons (Fsp3) is 0.308. The summed E-state index contributed by atoms with van der Waals surface area (Å²) in [5.74, 6) is 0.979. The van der Waals surface area contributed by atoms with Gasteiger partial charge in [-0.05, 0) is 31.5 Å². The Balaban J connectivity index is 1.89. The van der Waals surface area contributed by atoms with Crippen molar-refractivity contribution in [2.75, 3.05) is 6.54 Å². The first-order chi connectivity index (χ1) is 8.33. The van der Waals surface area contributed by atoms with Crippen molar-refractivity contribution < 1.29 is 9.52 Å². The first kappa shape index (κ1) is 10.4. The van der Waals surface area contributed by atoms with Gasteiger partial charge in [0.1, 0.15) is 17.7 Å². The number of hydrogen-bond acceptors (Lipinski definition) is 4. The molecule has 4 nitrogen and oxygen atoms in total. The molecule has 0 bridgehead atoms. The van der Waals surface area contributed by atoms with E-state index >= 15 is 0 Å². The van der Waals surface area contributed by atoms with Gasteiger partial charge in [-0.2, -0.15) is 0 Å². The molecule has 1 fully saturated rings. The Kier molecular flexibility index (Phi) is 2.57. The average Bonchev–Trinajstić information content (AvgIpc) is 3.00. The van der Waals surface area contributed by atoms with Crippen LogP contribution in [0, 0.1) is 0 Å². The van der Waals surface area contributed by atoms with Crippen molar-refractivity contribution in [2.24, 2.45) is 0 Å². The molecule has 3 rings (SSSR count). The molecule has 0 saturated carbocycles. The molecule has 0 radical (unpaired) electrons. The van der Waals surface area contributed by atoms with Gasteiger partial charge in [-0.1, -0.05) is 12.1 Å². The monoisotopic (exact) mass is 230 g/mol. The Bertz CT molecular complexity index is 516. The lowest BCUT2D eigenvalue weighted by Crippen LogP contribution is -2.12. The van der Waals surface area contributed by atoms with Crippen LogP contribution >= 0.6 is 0 Å². The van der Waals surface area contributed by atoms with E-state index in [1.165, 1.54) is 0 Å². The number of hydrogen-bond donors (Lipinski definition) is 2. The molecule has 2 N–H and O–H groups in total. The lowest BCUT2D eigenvalue weighted by Gasteiger charge is -2.03. The summed E-state index contributed by atoms with van der Waals surface area (Å²) in [5, 5.41) is 12.8. The molecule has 1 unspecified atom stereocenters. The third-order valence-corrected chi connectivity index (χ3v) is 3.02. The smallest absolute Gasteiger partial charge is 0.211 e. The lowest BCUT2D eigenvalue weighted by atomic mass is 10.1. The standard InChI is InChI=1S/C13H14N2O2/c16-10-4-1-3-9(7-10)12-8-17-13(15-12)11-5-2-6-14-11/h1,3-4,7-8,11,14,16H,2,5-6H2. The van der Waals surface area contributed by atoms with Crippen LogP contribution in [0.3, 0.4) is 0 Å². The van der Waals surface area contributed by atoms with Crippen LogP contribution in [0.15, 0.2) is 34.9 Å². The van der Waals surface area contributed by atoms with Crippen molar-refractivity contribution >= 4 is 0 Å². The number of nitrogens with one attached hydrogen (secondary N) is 1. The van der Waals surface area contributed by atoms with Gasteiger partial charge in [0.05, 0.1) is 6.04 Å². The van der Waals surface area contributed by atoms with Crippen LogP contribution in [0.25, 0.3) is 11.3 Å². The maximum absolute atomic E-state index is 9.42. The third kappa shape index (κ3) is 2.03. The second-order valence-corrected chi connectivity index (χ2v) is 4.27. The van der Waals surface area contributed by atoms with Crippen molar-refractivity contribution in [2.45, 2.75) is 18.9 Å². The molecule has 1 atom stereocenters. The number of oxazole rings is 1. The predicted molar refractivity (Wildman–Crippen MR) is 63.6 cm³/mol. The number of phenolic OH excluding ortho intramolecular Hbond substituents is 1. The summed E-state index contributed by atoms with van der Waals surface area (Å²) in [7, 11) is 0. The maximum atomic E-state index is 9.42. The normalized spacial score (nSPS) is 19.6. The number of rotatable bonds is 2. The Hall–Kier alpha value is -1.81. The molecular formula is C13H14N2O2. The molecular weight excluding hydrogens is 216 g/mol. The maximum Gasteiger partial charge on any atom is 0.211 e. The zero-order valence-corrected chi connectivity index (χ0v) is 9.39. The molecule has 0 amide bonds. The van der Waals surface area contributed by atoms with E-state index < -0.39 is 0 Å². The van der Waals surface area contributed by atoms with Crippen molar-refractivity contribution in [1.82, 2.24) is 10.3 Å². The zero-order valence-electron chi connectivity index (χ0n) is 9.39. The molecule has 88 valence electrons. The molecule has 1 aliphatic heterocycles. The number of aromatic nitrogens is 1. The predicted octanol–water partition coefficient (Wildman–Crippen LogP) is 2.47. The lowest BCUT2D eigenvalue weighted by molar-refractivity contribution is 0.429. The van der Waals surface area contributed by atoms with Crippen LogP contribution in [0.2, 0.25) is 0 Å². The van der Waals surface area contributed by atoms with Crippen molar-refractivity contribution in [3.8, 4) is 17.0 Å². The summed E-state index contributed by atoms with van der Waals surface area (Å²) < 4.78 is 5.49. The Morgan fingerprint density at radius 2 is 2.35 bits per heavy atom. The molecule has 1 aliphatic rings. The SMILES string of the molecule is Oc1cccc(-c2coc(C3CCCN3)n2)c1. The van der Waals surface area contributed by atoms with Gasteiger partial charge in [0.15, 0.2) is 0 Å². The molecule has 1 saturated heterocycles. The van der Waals surface area contributed by atoms with Crippen LogP contribution in [-0.2, 0) is 0 Å². The summed E-state index contributed by atoms with van der Waals surface area (Å²) in [5.41, 5.74) is 1.64. The summed E-state index contributed by atoms with van der Waals surface area (Å²) >= 11 is 0. The summed E-state index contributed by atoms with van der Waals surface area (Å²) in [6, 6.07) is 7.27. The second-order valence-electron chi connectivity index (χ2n) is 4.27.